The van der Waals surface area contributed by atoms with Crippen LogP contribution in [0.3, 0.4) is 0 Å². The Kier molecular flexibility index (Phi) is 6.82. The molecule has 0 atom stereocenters. The van der Waals surface area contributed by atoms with Crippen LogP contribution in [0, 0.1) is 18.6 Å². The Morgan fingerprint density at radius 3 is 2.53 bits per heavy atom. The smallest absolute Gasteiger partial charge is 0.269 e. The second kappa shape index (κ2) is 9.23. The van der Waals surface area contributed by atoms with E-state index in [1.165, 1.54) is 22.4 Å². The molecule has 0 aliphatic heterocycles. The summed E-state index contributed by atoms with van der Waals surface area (Å²) in [5, 5.41) is 6.85. The van der Waals surface area contributed by atoms with E-state index < -0.39 is 21.7 Å². The SMILES string of the molecule is CNCc1cn(S(=O)(=O)c2cccnc2)c2cc(Nc3cc(F)c(F)cc3C)ccc12.Cl. The van der Waals surface area contributed by atoms with Gasteiger partial charge in [-0.3, -0.25) is 4.98 Å². The van der Waals surface area contributed by atoms with Gasteiger partial charge in [0.1, 0.15) is 4.90 Å². The van der Waals surface area contributed by atoms with Gasteiger partial charge in [-0.25, -0.2) is 21.2 Å². The highest BCUT2D eigenvalue weighted by Crippen LogP contribution is 2.30. The molecule has 32 heavy (non-hydrogen) atoms. The minimum atomic E-state index is -3.88. The summed E-state index contributed by atoms with van der Waals surface area (Å²) in [7, 11) is -2.11. The van der Waals surface area contributed by atoms with Crippen molar-refractivity contribution in [3.8, 4) is 0 Å². The van der Waals surface area contributed by atoms with Crippen LogP contribution < -0.4 is 10.6 Å². The largest absolute Gasteiger partial charge is 0.355 e. The third-order valence-corrected chi connectivity index (χ3v) is 6.62. The standard InChI is InChI=1S/C22H20F2N4O2S.ClH/c1-14-8-19(23)20(24)10-21(14)27-16-5-6-18-15(11-25-2)13-28(22(18)9-16)31(29,30)17-4-3-7-26-12-17;/h3-10,12-13,25,27H,11H2,1-2H3;1H. The van der Waals surface area contributed by atoms with Crippen molar-refractivity contribution in [2.24, 2.45) is 0 Å². The summed E-state index contributed by atoms with van der Waals surface area (Å²) in [4.78, 5) is 3.98. The van der Waals surface area contributed by atoms with Crippen LogP contribution in [0.5, 0.6) is 0 Å². The molecular formula is C22H21ClF2N4O2S. The van der Waals surface area contributed by atoms with Gasteiger partial charge in [0, 0.05) is 48.0 Å². The predicted molar refractivity (Wildman–Crippen MR) is 123 cm³/mol. The van der Waals surface area contributed by atoms with Gasteiger partial charge < -0.3 is 10.6 Å². The fourth-order valence-electron chi connectivity index (χ4n) is 3.42. The third-order valence-electron chi connectivity index (χ3n) is 4.96. The zero-order chi connectivity index (χ0) is 22.2. The number of rotatable bonds is 6. The lowest BCUT2D eigenvalue weighted by molar-refractivity contribution is 0.508. The normalized spacial score (nSPS) is 11.4. The van der Waals surface area contributed by atoms with E-state index in [1.807, 2.05) is 0 Å². The van der Waals surface area contributed by atoms with Crippen LogP contribution in [0.4, 0.5) is 20.2 Å². The van der Waals surface area contributed by atoms with E-state index in [2.05, 4.69) is 15.6 Å². The van der Waals surface area contributed by atoms with Gasteiger partial charge in [0.15, 0.2) is 11.6 Å². The molecule has 2 N–H and O–H groups in total. The van der Waals surface area contributed by atoms with Crippen molar-refractivity contribution >= 4 is 44.7 Å². The van der Waals surface area contributed by atoms with E-state index in [0.717, 1.165) is 23.1 Å². The number of pyridine rings is 1. The Balaban J connectivity index is 0.00000289. The maximum absolute atomic E-state index is 13.7. The quantitative estimate of drug-likeness (QED) is 0.418. The molecule has 0 radical (unpaired) electrons. The Labute approximate surface area is 190 Å². The lowest BCUT2D eigenvalue weighted by Crippen LogP contribution is -2.12. The van der Waals surface area contributed by atoms with Crippen LogP contribution in [0.25, 0.3) is 10.9 Å². The molecule has 0 bridgehead atoms. The molecule has 10 heteroatoms. The van der Waals surface area contributed by atoms with Crippen LogP contribution in [-0.4, -0.2) is 24.4 Å². The van der Waals surface area contributed by atoms with Crippen LogP contribution in [0.1, 0.15) is 11.1 Å². The average molecular weight is 479 g/mol. The number of nitrogens with one attached hydrogen (secondary N) is 2. The summed E-state index contributed by atoms with van der Waals surface area (Å²) < 4.78 is 54.9. The van der Waals surface area contributed by atoms with Gasteiger partial charge in [0.05, 0.1) is 5.52 Å². The van der Waals surface area contributed by atoms with Crippen molar-refractivity contribution in [2.45, 2.75) is 18.4 Å². The summed E-state index contributed by atoms with van der Waals surface area (Å²) in [6, 6.07) is 10.5. The van der Waals surface area contributed by atoms with Crippen molar-refractivity contribution in [2.75, 3.05) is 12.4 Å². The number of aromatic nitrogens is 2. The molecule has 4 aromatic rings. The number of nitrogens with zero attached hydrogens (tertiary/aromatic N) is 2. The second-order valence-electron chi connectivity index (χ2n) is 7.11. The van der Waals surface area contributed by atoms with Gasteiger partial charge in [-0.1, -0.05) is 6.07 Å². The topological polar surface area (TPSA) is 76.0 Å². The van der Waals surface area contributed by atoms with Crippen molar-refractivity contribution in [1.29, 1.82) is 0 Å². The maximum Gasteiger partial charge on any atom is 0.269 e. The molecule has 2 heterocycles. The maximum atomic E-state index is 13.7. The number of aryl methyl sites for hydroxylation is 1. The number of fused-ring (bicyclic) bond motifs is 1. The second-order valence-corrected chi connectivity index (χ2v) is 8.93. The third kappa shape index (κ3) is 4.32. The molecule has 168 valence electrons. The van der Waals surface area contributed by atoms with Crippen LogP contribution in [0.2, 0.25) is 0 Å². The molecule has 0 spiro atoms. The lowest BCUT2D eigenvalue weighted by atomic mass is 10.1. The molecule has 0 unspecified atom stereocenters. The molecule has 2 aromatic carbocycles. The summed E-state index contributed by atoms with van der Waals surface area (Å²) in [5.41, 5.74) is 2.72. The number of halogens is 3. The van der Waals surface area contributed by atoms with Gasteiger partial charge in [-0.05, 0) is 55.4 Å². The molecule has 0 amide bonds. The molecule has 2 aromatic heterocycles. The Morgan fingerprint density at radius 1 is 1.09 bits per heavy atom. The Morgan fingerprint density at radius 2 is 1.84 bits per heavy atom. The monoisotopic (exact) mass is 478 g/mol. The summed E-state index contributed by atoms with van der Waals surface area (Å²) >= 11 is 0. The summed E-state index contributed by atoms with van der Waals surface area (Å²) in [6.07, 6.45) is 4.38. The predicted octanol–water partition coefficient (Wildman–Crippen LogP) is 4.74. The minimum absolute atomic E-state index is 0. The summed E-state index contributed by atoms with van der Waals surface area (Å²) in [6.45, 7) is 2.13. The fraction of sp³-hybridized carbons (Fsp3) is 0.136. The van der Waals surface area contributed by atoms with E-state index in [9.17, 15) is 17.2 Å². The molecule has 0 aliphatic rings. The number of hydrogen-bond acceptors (Lipinski definition) is 5. The fourth-order valence-corrected chi connectivity index (χ4v) is 4.77. The van der Waals surface area contributed by atoms with Crippen molar-refractivity contribution in [1.82, 2.24) is 14.3 Å². The molecule has 6 nitrogen and oxygen atoms in total. The first-order chi connectivity index (χ1) is 14.8. The highest BCUT2D eigenvalue weighted by Gasteiger charge is 2.21. The van der Waals surface area contributed by atoms with Crippen LogP contribution >= 0.6 is 12.4 Å². The first-order valence-electron chi connectivity index (χ1n) is 9.48. The van der Waals surface area contributed by atoms with Crippen LogP contribution in [0.15, 0.2) is 66.0 Å². The summed E-state index contributed by atoms with van der Waals surface area (Å²) in [5.74, 6) is -1.89. The van der Waals surface area contributed by atoms with E-state index in [1.54, 1.807) is 44.4 Å². The molecule has 0 saturated carbocycles. The highest BCUT2D eigenvalue weighted by molar-refractivity contribution is 7.90. The number of anilines is 2. The molecular weight excluding hydrogens is 458 g/mol. The molecule has 0 saturated heterocycles. The zero-order valence-corrected chi connectivity index (χ0v) is 18.9. The lowest BCUT2D eigenvalue weighted by Gasteiger charge is -2.12. The Bertz CT molecular complexity index is 1380. The van der Waals surface area contributed by atoms with E-state index in [0.29, 0.717) is 29.0 Å². The van der Waals surface area contributed by atoms with E-state index in [-0.39, 0.29) is 17.3 Å². The van der Waals surface area contributed by atoms with Crippen molar-refractivity contribution < 1.29 is 17.2 Å². The molecule has 0 fully saturated rings. The number of hydrogen-bond donors (Lipinski definition) is 2. The number of benzene rings is 2. The molecule has 4 rings (SSSR count). The average Bonchev–Trinajstić information content (AvgIpc) is 3.11. The minimum Gasteiger partial charge on any atom is -0.355 e. The highest BCUT2D eigenvalue weighted by atomic mass is 35.5. The van der Waals surface area contributed by atoms with Crippen molar-refractivity contribution in [3.63, 3.8) is 0 Å². The van der Waals surface area contributed by atoms with Gasteiger partial charge in [-0.15, -0.1) is 12.4 Å². The van der Waals surface area contributed by atoms with E-state index >= 15 is 0 Å². The first-order valence-corrected chi connectivity index (χ1v) is 10.9. The molecule has 0 aliphatic carbocycles. The van der Waals surface area contributed by atoms with Gasteiger partial charge in [0.25, 0.3) is 10.0 Å². The van der Waals surface area contributed by atoms with Crippen LogP contribution in [-0.2, 0) is 16.6 Å². The van der Waals surface area contributed by atoms with Gasteiger partial charge in [0.2, 0.25) is 0 Å². The van der Waals surface area contributed by atoms with Crippen molar-refractivity contribution in [3.05, 3.63) is 83.8 Å². The van der Waals surface area contributed by atoms with Gasteiger partial charge in [-0.2, -0.15) is 0 Å². The first kappa shape index (κ1) is 23.6. The van der Waals surface area contributed by atoms with Gasteiger partial charge >= 0.3 is 0 Å². The Hall–Kier alpha value is -3.01. The zero-order valence-electron chi connectivity index (χ0n) is 17.3. The van der Waals surface area contributed by atoms with E-state index in [4.69, 9.17) is 0 Å².